The van der Waals surface area contributed by atoms with Crippen molar-refractivity contribution < 1.29 is 49.0 Å². The van der Waals surface area contributed by atoms with Crippen LogP contribution in [0, 0.1) is 52.4 Å². The monoisotopic (exact) mass is 1550 g/mol. The van der Waals surface area contributed by atoms with Crippen molar-refractivity contribution in [2.45, 2.75) is 22.2 Å². The molecule has 118 heavy (non-hydrogen) atoms. The molecular weight excluding hydrogens is 1490 g/mol. The zero-order valence-electron chi connectivity index (χ0n) is 62.8. The molecule has 0 radical (unpaired) electrons. The van der Waals surface area contributed by atoms with Crippen LogP contribution in [0.5, 0.6) is 23.0 Å². The lowest BCUT2D eigenvalue weighted by Gasteiger charge is -2.36. The van der Waals surface area contributed by atoms with Crippen molar-refractivity contribution in [2.24, 2.45) is 0 Å². The topological polar surface area (TPSA) is 21.7 Å². The molecule has 568 valence electrons. The molecule has 0 bridgehead atoms. The van der Waals surface area contributed by atoms with Crippen molar-refractivity contribution in [1.29, 1.82) is 0 Å². The van der Waals surface area contributed by atoms with Crippen LogP contribution < -0.4 is 14.4 Å². The van der Waals surface area contributed by atoms with Crippen LogP contribution in [0.3, 0.4) is 0 Å². The summed E-state index contributed by atoms with van der Waals surface area (Å²) in [7, 11) is 0. The van der Waals surface area contributed by atoms with Crippen LogP contribution in [0.2, 0.25) is 0 Å². The minimum absolute atomic E-state index is 0.160. The second kappa shape index (κ2) is 27.9. The van der Waals surface area contributed by atoms with Gasteiger partial charge >= 0.3 is 0 Å². The highest BCUT2D eigenvalue weighted by Gasteiger charge is 2.55. The molecule has 20 rings (SSSR count). The highest BCUT2D eigenvalue weighted by Crippen LogP contribution is 2.66. The summed E-state index contributed by atoms with van der Waals surface area (Å²) in [6.45, 7) is 11.7. The predicted octanol–water partition coefficient (Wildman–Crippen LogP) is 28.2. The van der Waals surface area contributed by atoms with Gasteiger partial charge in [0.15, 0.2) is 29.1 Å². The van der Waals surface area contributed by atoms with E-state index >= 15 is 39.5 Å². The maximum Gasteiger partial charge on any atom is 0.194 e. The number of nitrogens with zero attached hydrogens (tertiary/aromatic N) is 1. The Morgan fingerprint density at radius 3 is 1.03 bits per heavy atom. The Labute approximate surface area is 674 Å². The Morgan fingerprint density at radius 1 is 0.263 bits per heavy atom. The quantitative estimate of drug-likeness (QED) is 0.0392. The van der Waals surface area contributed by atoms with E-state index in [-0.39, 0.29) is 11.1 Å². The zero-order valence-corrected chi connectivity index (χ0v) is 62.8. The van der Waals surface area contributed by atoms with Crippen LogP contribution >= 0.6 is 0 Å². The summed E-state index contributed by atoms with van der Waals surface area (Å²) < 4.78 is 162. The van der Waals surface area contributed by atoms with Crippen LogP contribution in [0.25, 0.3) is 62.7 Å². The van der Waals surface area contributed by atoms with E-state index in [1.165, 1.54) is 24.3 Å². The molecular formula is C106H64F9NO2. The lowest BCUT2D eigenvalue weighted by Crippen LogP contribution is -2.32. The van der Waals surface area contributed by atoms with Crippen molar-refractivity contribution in [2.75, 3.05) is 4.90 Å². The minimum atomic E-state index is -2.02. The third kappa shape index (κ3) is 10.8. The molecule has 4 aliphatic carbocycles. The first-order valence-electron chi connectivity index (χ1n) is 38.5. The van der Waals surface area contributed by atoms with Gasteiger partial charge in [-0.15, -0.1) is 0 Å². The normalized spacial score (nSPS) is 16.2. The van der Waals surface area contributed by atoms with Gasteiger partial charge in [-0.05, 0) is 237 Å². The number of anilines is 3. The Morgan fingerprint density at radius 2 is 0.593 bits per heavy atom. The molecule has 4 atom stereocenters. The van der Waals surface area contributed by atoms with Crippen molar-refractivity contribution in [3.8, 4) is 67.5 Å². The molecule has 0 saturated heterocycles. The molecule has 0 aliphatic heterocycles. The van der Waals surface area contributed by atoms with Crippen LogP contribution in [0.15, 0.2) is 347 Å². The van der Waals surface area contributed by atoms with Crippen LogP contribution in [-0.4, -0.2) is 0 Å². The largest absolute Gasteiger partial charge is 0.457 e. The Bertz CT molecular complexity index is 6850. The summed E-state index contributed by atoms with van der Waals surface area (Å²) in [5.74, 6) is -10.1. The fraction of sp³-hybridized carbons (Fsp3) is 0.0377. The zero-order chi connectivity index (χ0) is 80.6. The van der Waals surface area contributed by atoms with Gasteiger partial charge in [-0.2, -0.15) is 0 Å². The molecule has 1 spiro atoms. The van der Waals surface area contributed by atoms with E-state index in [0.717, 1.165) is 72.8 Å². The SMILES string of the molecule is C=Cc1ccc(Oc2ccc(C3(c4c(F)cc(F)c(F)c4F)c4ccccc4-c4ccc(N(c5ccc(F)cc5)c5ccc6c(c5)[C@@]5(c7ccccc7-c7ccc(C(c8ccc(F)cc8)c8ccc9c(c8)C(c8ccc(Oc%10ccc(C=C)cc%10)cc8)(c8c(F)cc(F)c(F)c8C=C)c8ccccc8-9)cc75)c5ccccc5-6)cc43)cc2)cc1. The van der Waals surface area contributed by atoms with Gasteiger partial charge in [0, 0.05) is 51.8 Å². The first-order chi connectivity index (χ1) is 57.5. The average Bonchev–Trinajstić information content (AvgIpc) is 1.54. The first kappa shape index (κ1) is 72.5. The van der Waals surface area contributed by atoms with E-state index in [9.17, 15) is 0 Å². The molecule has 0 heterocycles. The van der Waals surface area contributed by atoms with E-state index in [2.05, 4.69) is 74.3 Å². The first-order valence-corrected chi connectivity index (χ1v) is 38.5. The molecule has 0 fully saturated rings. The fourth-order valence-corrected chi connectivity index (χ4v) is 19.3. The summed E-state index contributed by atoms with van der Waals surface area (Å²) in [5.41, 5.74) is 12.0. The Balaban J connectivity index is 0.783. The molecule has 12 heteroatoms. The molecule has 3 unspecified atom stereocenters. The van der Waals surface area contributed by atoms with Crippen LogP contribution in [0.1, 0.15) is 106 Å². The van der Waals surface area contributed by atoms with E-state index in [1.54, 1.807) is 103 Å². The molecule has 0 amide bonds. The van der Waals surface area contributed by atoms with Gasteiger partial charge < -0.3 is 14.4 Å². The van der Waals surface area contributed by atoms with Gasteiger partial charge in [0.05, 0.1) is 16.2 Å². The number of rotatable bonds is 17. The third-order valence-electron chi connectivity index (χ3n) is 24.2. The number of halogens is 9. The van der Waals surface area contributed by atoms with Crippen LogP contribution in [-0.2, 0) is 16.2 Å². The highest BCUT2D eigenvalue weighted by atomic mass is 19.2. The minimum Gasteiger partial charge on any atom is -0.457 e. The van der Waals surface area contributed by atoms with Gasteiger partial charge in [0.2, 0.25) is 0 Å². The third-order valence-corrected chi connectivity index (χ3v) is 24.2. The summed E-state index contributed by atoms with van der Waals surface area (Å²) in [6, 6.07) is 97.2. The highest BCUT2D eigenvalue weighted by molar-refractivity contribution is 5.98. The average molecular weight is 1550 g/mol. The van der Waals surface area contributed by atoms with E-state index in [1.807, 2.05) is 150 Å². The lowest BCUT2D eigenvalue weighted by molar-refractivity contribution is 0.416. The van der Waals surface area contributed by atoms with Gasteiger partial charge in [0.1, 0.15) is 46.3 Å². The fourth-order valence-electron chi connectivity index (χ4n) is 19.3. The van der Waals surface area contributed by atoms with Gasteiger partial charge in [-0.25, -0.2) is 39.5 Å². The second-order valence-corrected chi connectivity index (χ2v) is 30.1. The maximum absolute atomic E-state index is 17.9. The molecule has 16 aromatic rings. The number of ether oxygens (including phenoxy) is 2. The van der Waals surface area contributed by atoms with Gasteiger partial charge in [-0.1, -0.05) is 244 Å². The van der Waals surface area contributed by atoms with E-state index in [0.29, 0.717) is 113 Å². The van der Waals surface area contributed by atoms with E-state index < -0.39 is 80.1 Å². The molecule has 0 N–H and O–H groups in total. The van der Waals surface area contributed by atoms with Gasteiger partial charge in [0.25, 0.3) is 0 Å². The van der Waals surface area contributed by atoms with Crippen molar-refractivity contribution in [3.63, 3.8) is 0 Å². The maximum atomic E-state index is 17.9. The number of hydrogen-bond acceptors (Lipinski definition) is 3. The summed E-state index contributed by atoms with van der Waals surface area (Å²) in [6.07, 6.45) is 4.59. The standard InChI is InChI=1S/C106H64F9NO2/c1-4-61-23-43-73(44-24-61)117-75-47-31-66(32-48-75)104(99-77(6-3)101(113)96(111)59-94(99)109)86-19-11-7-15-78(86)82-51-29-64(55-90(82)104)98(63-27-35-68(107)36-28-63)65-30-52-83-80-17-9-13-21-88(80)106(91(83)56-65)89-22-14-10-18-81(89)85-54-42-72(58-93(85)106)116(70-39-37-69(108)38-40-70)71-41-53-84-79-16-8-12-20-87(79)105(92(84)57-71,100-95(110)60-97(112)102(114)103(100)115)67-33-49-76(50-34-67)118-74-45-25-62(5-2)26-46-74/h4-60,98H,1-3H2/t98?,104?,105?,106-/m0/s1. The van der Waals surface area contributed by atoms with Crippen molar-refractivity contribution >= 4 is 35.3 Å². The molecule has 0 aromatic heterocycles. The number of hydrogen-bond donors (Lipinski definition) is 0. The summed E-state index contributed by atoms with van der Waals surface area (Å²) in [4.78, 5) is 1.95. The number of benzene rings is 16. The second-order valence-electron chi connectivity index (χ2n) is 30.1. The molecule has 16 aromatic carbocycles. The van der Waals surface area contributed by atoms with Crippen molar-refractivity contribution in [1.82, 2.24) is 0 Å². The summed E-state index contributed by atoms with van der Waals surface area (Å²) in [5, 5.41) is 0. The van der Waals surface area contributed by atoms with Crippen LogP contribution in [0.4, 0.5) is 56.6 Å². The number of fused-ring (bicyclic) bond motifs is 16. The Hall–Kier alpha value is -14.5. The van der Waals surface area contributed by atoms with Crippen molar-refractivity contribution in [3.05, 3.63) is 500 Å². The van der Waals surface area contributed by atoms with E-state index in [4.69, 9.17) is 9.47 Å². The molecule has 0 saturated carbocycles. The van der Waals surface area contributed by atoms with Gasteiger partial charge in [-0.3, -0.25) is 0 Å². The predicted molar refractivity (Wildman–Crippen MR) is 449 cm³/mol. The summed E-state index contributed by atoms with van der Waals surface area (Å²) >= 11 is 0. The molecule has 3 nitrogen and oxygen atoms in total. The lowest BCUT2D eigenvalue weighted by atomic mass is 9.65. The smallest absolute Gasteiger partial charge is 0.194 e. The Kier molecular flexibility index (Phi) is 17.1. The molecule has 4 aliphatic rings.